The molecular weight excluding hydrogens is 482 g/mol. The number of piperazine rings is 1. The van der Waals surface area contributed by atoms with Crippen LogP contribution in [0.2, 0.25) is 0 Å². The second kappa shape index (κ2) is 9.94. The number of nitro groups is 1. The molecule has 190 valence electrons. The number of nitro benzene ring substituents is 1. The number of hydrogen-bond acceptors (Lipinski definition) is 6. The highest BCUT2D eigenvalue weighted by Gasteiger charge is 2.24. The predicted octanol–water partition coefficient (Wildman–Crippen LogP) is 4.34. The van der Waals surface area contributed by atoms with E-state index in [1.54, 1.807) is 24.3 Å². The molecule has 0 bridgehead atoms. The van der Waals surface area contributed by atoms with Gasteiger partial charge in [-0.3, -0.25) is 20.0 Å². The number of halogens is 2. The molecule has 5 rings (SSSR count). The van der Waals surface area contributed by atoms with E-state index in [9.17, 15) is 23.7 Å². The van der Waals surface area contributed by atoms with Crippen molar-refractivity contribution in [3.8, 4) is 0 Å². The predicted molar refractivity (Wildman–Crippen MR) is 136 cm³/mol. The number of benzene rings is 3. The van der Waals surface area contributed by atoms with E-state index in [1.807, 2.05) is 7.05 Å². The van der Waals surface area contributed by atoms with Crippen LogP contribution in [0.4, 0.5) is 26.0 Å². The summed E-state index contributed by atoms with van der Waals surface area (Å²) in [6, 6.07) is 13.2. The molecule has 37 heavy (non-hydrogen) atoms. The first kappa shape index (κ1) is 24.3. The minimum Gasteiger partial charge on any atom is -0.369 e. The highest BCUT2D eigenvalue weighted by atomic mass is 19.1. The van der Waals surface area contributed by atoms with Crippen LogP contribution in [0.25, 0.3) is 10.9 Å². The maximum absolute atomic E-state index is 13.6. The zero-order valence-electron chi connectivity index (χ0n) is 20.0. The summed E-state index contributed by atoms with van der Waals surface area (Å²) < 4.78 is 27.2. The number of fused-ring (bicyclic) bond motifs is 1. The maximum atomic E-state index is 13.6. The number of carbonyl (C=O) groups is 1. The smallest absolute Gasteiger partial charge is 0.284 e. The minimum absolute atomic E-state index is 0.0783. The normalized spacial score (nSPS) is 14.2. The van der Waals surface area contributed by atoms with Crippen LogP contribution < -0.4 is 10.2 Å². The zero-order valence-corrected chi connectivity index (χ0v) is 20.0. The molecule has 11 heteroatoms. The SMILES string of the molecule is CN1CCN(c2ccc(C(=O)Nc3n[nH]c4ccc(Cc5cc(F)cc(F)c5)cc34)c([N+](=O)[O-])c2)CC1. The molecule has 0 saturated carbocycles. The van der Waals surface area contributed by atoms with Crippen LogP contribution in [0.3, 0.4) is 0 Å². The number of nitrogens with one attached hydrogen (secondary N) is 2. The van der Waals surface area contributed by atoms with Gasteiger partial charge >= 0.3 is 0 Å². The van der Waals surface area contributed by atoms with Crippen LogP contribution in [0.15, 0.2) is 54.6 Å². The monoisotopic (exact) mass is 506 g/mol. The molecule has 1 aliphatic rings. The number of H-pyrrole nitrogens is 1. The second-order valence-corrected chi connectivity index (χ2v) is 9.11. The highest BCUT2D eigenvalue weighted by Crippen LogP contribution is 2.29. The summed E-state index contributed by atoms with van der Waals surface area (Å²) >= 11 is 0. The molecule has 2 N–H and O–H groups in total. The summed E-state index contributed by atoms with van der Waals surface area (Å²) in [4.78, 5) is 28.6. The largest absolute Gasteiger partial charge is 0.369 e. The number of rotatable bonds is 6. The quantitative estimate of drug-likeness (QED) is 0.298. The number of likely N-dealkylation sites (N-methyl/N-ethyl adjacent to an activating group) is 1. The van der Waals surface area contributed by atoms with Gasteiger partial charge < -0.3 is 15.1 Å². The molecular formula is C26H24F2N6O3. The number of aromatic amines is 1. The van der Waals surface area contributed by atoms with Crippen LogP contribution in [0.5, 0.6) is 0 Å². The molecule has 0 unspecified atom stereocenters. The fourth-order valence-electron chi connectivity index (χ4n) is 4.51. The average Bonchev–Trinajstić information content (AvgIpc) is 3.25. The van der Waals surface area contributed by atoms with Gasteiger partial charge in [-0.15, -0.1) is 0 Å². The van der Waals surface area contributed by atoms with Gasteiger partial charge in [-0.05, 0) is 61.0 Å². The average molecular weight is 507 g/mol. The molecule has 9 nitrogen and oxygen atoms in total. The molecule has 0 atom stereocenters. The highest BCUT2D eigenvalue weighted by molar-refractivity contribution is 6.10. The Kier molecular flexibility index (Phi) is 6.53. The molecule has 1 saturated heterocycles. The van der Waals surface area contributed by atoms with Crippen LogP contribution in [-0.2, 0) is 6.42 Å². The van der Waals surface area contributed by atoms with E-state index in [4.69, 9.17) is 0 Å². The van der Waals surface area contributed by atoms with Gasteiger partial charge in [0, 0.05) is 49.4 Å². The van der Waals surface area contributed by atoms with E-state index < -0.39 is 22.5 Å². The Morgan fingerprint density at radius 3 is 2.46 bits per heavy atom. The Bertz CT molecular complexity index is 1480. The molecule has 0 spiro atoms. The third-order valence-electron chi connectivity index (χ3n) is 6.48. The van der Waals surface area contributed by atoms with E-state index in [-0.39, 0.29) is 23.5 Å². The Labute approximate surface area is 210 Å². The number of nitrogens with zero attached hydrogens (tertiary/aromatic N) is 4. The van der Waals surface area contributed by atoms with Gasteiger partial charge in [0.1, 0.15) is 17.2 Å². The summed E-state index contributed by atoms with van der Waals surface area (Å²) in [5.41, 5.74) is 2.16. The topological polar surface area (TPSA) is 107 Å². The number of anilines is 2. The molecule has 1 amide bonds. The third-order valence-corrected chi connectivity index (χ3v) is 6.48. The Morgan fingerprint density at radius 2 is 1.76 bits per heavy atom. The second-order valence-electron chi connectivity index (χ2n) is 9.11. The number of hydrogen-bond donors (Lipinski definition) is 2. The lowest BCUT2D eigenvalue weighted by molar-refractivity contribution is -0.385. The van der Waals surface area contributed by atoms with Crippen molar-refractivity contribution in [2.45, 2.75) is 6.42 Å². The van der Waals surface area contributed by atoms with Gasteiger partial charge in [-0.1, -0.05) is 6.07 Å². The Hall–Kier alpha value is -4.38. The molecule has 0 radical (unpaired) electrons. The summed E-state index contributed by atoms with van der Waals surface area (Å²) in [5.74, 6) is -1.78. The van der Waals surface area contributed by atoms with E-state index in [0.717, 1.165) is 37.8 Å². The van der Waals surface area contributed by atoms with Gasteiger partial charge in [0.15, 0.2) is 5.82 Å². The first-order valence-electron chi connectivity index (χ1n) is 11.7. The van der Waals surface area contributed by atoms with Gasteiger partial charge in [-0.2, -0.15) is 5.10 Å². The van der Waals surface area contributed by atoms with Gasteiger partial charge in [0.05, 0.1) is 10.4 Å². The summed E-state index contributed by atoms with van der Waals surface area (Å²) in [5, 5.41) is 22.0. The molecule has 1 fully saturated rings. The molecule has 4 aromatic rings. The minimum atomic E-state index is -0.664. The van der Waals surface area contributed by atoms with Crippen LogP contribution in [-0.4, -0.2) is 59.2 Å². The van der Waals surface area contributed by atoms with Crippen molar-refractivity contribution in [2.75, 3.05) is 43.4 Å². The third kappa shape index (κ3) is 5.26. The number of amides is 1. The van der Waals surface area contributed by atoms with Crippen LogP contribution in [0, 0.1) is 21.7 Å². The number of aromatic nitrogens is 2. The Morgan fingerprint density at radius 1 is 1.03 bits per heavy atom. The Balaban J connectivity index is 1.39. The summed E-state index contributed by atoms with van der Waals surface area (Å²) in [6.45, 7) is 3.17. The van der Waals surface area contributed by atoms with E-state index in [1.165, 1.54) is 24.3 Å². The van der Waals surface area contributed by atoms with Crippen molar-refractivity contribution in [1.29, 1.82) is 0 Å². The van der Waals surface area contributed by atoms with Crippen molar-refractivity contribution in [3.05, 3.63) is 93.0 Å². The zero-order chi connectivity index (χ0) is 26.1. The van der Waals surface area contributed by atoms with Gasteiger partial charge in [-0.25, -0.2) is 8.78 Å². The standard InChI is InChI=1S/C26H24F2N6O3/c1-32-6-8-33(9-7-32)20-3-4-21(24(15-20)34(36)37)26(35)29-25-22-13-16(2-5-23(22)30-31-25)10-17-11-18(27)14-19(28)12-17/h2-5,11-15H,6-10H2,1H3,(H2,29,30,31,35). The first-order chi connectivity index (χ1) is 17.8. The molecule has 1 aromatic heterocycles. The first-order valence-corrected chi connectivity index (χ1v) is 11.7. The van der Waals surface area contributed by atoms with Gasteiger partial charge in [0.25, 0.3) is 11.6 Å². The van der Waals surface area contributed by atoms with Crippen molar-refractivity contribution in [1.82, 2.24) is 15.1 Å². The fraction of sp³-hybridized carbons (Fsp3) is 0.231. The van der Waals surface area contributed by atoms with Crippen LogP contribution in [0.1, 0.15) is 21.5 Å². The van der Waals surface area contributed by atoms with E-state index in [0.29, 0.717) is 22.2 Å². The van der Waals surface area contributed by atoms with Crippen molar-refractivity contribution >= 4 is 34.0 Å². The summed E-state index contributed by atoms with van der Waals surface area (Å²) in [6.07, 6.45) is 0.266. The molecule has 2 heterocycles. The fourth-order valence-corrected chi connectivity index (χ4v) is 4.51. The van der Waals surface area contributed by atoms with Crippen molar-refractivity contribution < 1.29 is 18.5 Å². The van der Waals surface area contributed by atoms with Crippen molar-refractivity contribution in [2.24, 2.45) is 0 Å². The van der Waals surface area contributed by atoms with Gasteiger partial charge in [0.2, 0.25) is 0 Å². The molecule has 1 aliphatic heterocycles. The molecule has 3 aromatic carbocycles. The lowest BCUT2D eigenvalue weighted by Crippen LogP contribution is -2.44. The van der Waals surface area contributed by atoms with Crippen LogP contribution >= 0.6 is 0 Å². The maximum Gasteiger partial charge on any atom is 0.284 e. The van der Waals surface area contributed by atoms with E-state index in [2.05, 4.69) is 25.3 Å². The lowest BCUT2D eigenvalue weighted by Gasteiger charge is -2.34. The molecule has 0 aliphatic carbocycles. The number of carbonyl (C=O) groups excluding carboxylic acids is 1. The lowest BCUT2D eigenvalue weighted by atomic mass is 10.0. The van der Waals surface area contributed by atoms with Crippen molar-refractivity contribution in [3.63, 3.8) is 0 Å². The summed E-state index contributed by atoms with van der Waals surface area (Å²) in [7, 11) is 2.02. The van der Waals surface area contributed by atoms with E-state index >= 15 is 0 Å².